The van der Waals surface area contributed by atoms with Gasteiger partial charge in [-0.05, 0) is 36.8 Å². The van der Waals surface area contributed by atoms with Gasteiger partial charge in [-0.2, -0.15) is 0 Å². The molecule has 2 aromatic rings. The van der Waals surface area contributed by atoms with Crippen LogP contribution in [0.2, 0.25) is 0 Å². The summed E-state index contributed by atoms with van der Waals surface area (Å²) in [5.74, 6) is 0.498. The Balaban J connectivity index is 1.37. The van der Waals surface area contributed by atoms with Crippen LogP contribution in [0.5, 0.6) is 0 Å². The van der Waals surface area contributed by atoms with Gasteiger partial charge < -0.3 is 19.4 Å². The van der Waals surface area contributed by atoms with E-state index in [1.165, 1.54) is 7.11 Å². The molecule has 0 radical (unpaired) electrons. The monoisotopic (exact) mass is 343 g/mol. The summed E-state index contributed by atoms with van der Waals surface area (Å²) in [5, 5.41) is 2.91. The predicted octanol–water partition coefficient (Wildman–Crippen LogP) is 2.94. The second-order valence-corrected chi connectivity index (χ2v) is 6.97. The van der Waals surface area contributed by atoms with Crippen LogP contribution >= 0.6 is 0 Å². The third kappa shape index (κ3) is 2.83. The molecule has 1 aliphatic heterocycles. The molecule has 25 heavy (non-hydrogen) atoms. The van der Waals surface area contributed by atoms with Crippen molar-refractivity contribution in [3.63, 3.8) is 0 Å². The van der Waals surface area contributed by atoms with E-state index in [9.17, 15) is 9.59 Å². The van der Waals surface area contributed by atoms with Gasteiger partial charge in [0, 0.05) is 31.8 Å². The van der Waals surface area contributed by atoms with Gasteiger partial charge in [0.05, 0.1) is 13.0 Å². The number of nitrogens with one attached hydrogen (secondary N) is 1. The molecule has 7 nitrogen and oxygen atoms in total. The van der Waals surface area contributed by atoms with Gasteiger partial charge in [-0.15, -0.1) is 0 Å². The number of ether oxygens (including phenoxy) is 1. The smallest absolute Gasteiger partial charge is 0.321 e. The summed E-state index contributed by atoms with van der Waals surface area (Å²) < 4.78 is 10.3. The number of benzene rings is 1. The number of likely N-dealkylation sites (tertiary alicyclic amines) is 1. The van der Waals surface area contributed by atoms with Crippen LogP contribution in [-0.2, 0) is 9.53 Å². The normalized spacial score (nSPS) is 21.4. The molecule has 1 aromatic carbocycles. The number of piperidine rings is 1. The highest BCUT2D eigenvalue weighted by atomic mass is 16.5. The van der Waals surface area contributed by atoms with E-state index in [-0.39, 0.29) is 23.3 Å². The number of hydrogen-bond acceptors (Lipinski definition) is 5. The number of hydrogen-bond donors (Lipinski definition) is 1. The van der Waals surface area contributed by atoms with E-state index >= 15 is 0 Å². The van der Waals surface area contributed by atoms with E-state index < -0.39 is 0 Å². The summed E-state index contributed by atoms with van der Waals surface area (Å²) in [7, 11) is 1.43. The van der Waals surface area contributed by atoms with Crippen molar-refractivity contribution in [2.24, 2.45) is 11.3 Å². The van der Waals surface area contributed by atoms with Gasteiger partial charge in [0.25, 0.3) is 0 Å². The first-order chi connectivity index (χ1) is 12.0. The molecule has 1 unspecified atom stereocenters. The van der Waals surface area contributed by atoms with E-state index in [0.29, 0.717) is 30.3 Å². The molecule has 1 atom stereocenters. The van der Waals surface area contributed by atoms with Crippen molar-refractivity contribution in [1.29, 1.82) is 0 Å². The molecule has 1 aliphatic carbocycles. The number of aryl methyl sites for hydroxylation is 1. The zero-order valence-electron chi connectivity index (χ0n) is 14.4. The van der Waals surface area contributed by atoms with E-state index in [4.69, 9.17) is 9.15 Å². The Bertz CT molecular complexity index is 836. The maximum absolute atomic E-state index is 12.5. The first kappa shape index (κ1) is 15.9. The zero-order valence-corrected chi connectivity index (χ0v) is 14.4. The van der Waals surface area contributed by atoms with Crippen LogP contribution in [0.3, 0.4) is 0 Å². The number of nitrogens with zero attached hydrogens (tertiary/aromatic N) is 2. The predicted molar refractivity (Wildman–Crippen MR) is 91.1 cm³/mol. The van der Waals surface area contributed by atoms with E-state index in [2.05, 4.69) is 10.3 Å². The Kier molecular flexibility index (Phi) is 3.67. The highest BCUT2D eigenvalue weighted by molar-refractivity contribution is 5.91. The van der Waals surface area contributed by atoms with Crippen LogP contribution in [0.1, 0.15) is 25.2 Å². The number of aromatic nitrogens is 1. The summed E-state index contributed by atoms with van der Waals surface area (Å²) in [6.07, 6.45) is 2.58. The topological polar surface area (TPSA) is 84.7 Å². The van der Waals surface area contributed by atoms with Crippen molar-refractivity contribution < 1.29 is 18.7 Å². The summed E-state index contributed by atoms with van der Waals surface area (Å²) in [5.41, 5.74) is 2.18. The van der Waals surface area contributed by atoms with Crippen LogP contribution in [0, 0.1) is 18.3 Å². The Labute approximate surface area is 145 Å². The van der Waals surface area contributed by atoms with Crippen molar-refractivity contribution in [2.45, 2.75) is 26.2 Å². The molecule has 7 heteroatoms. The number of urea groups is 1. The van der Waals surface area contributed by atoms with Crippen LogP contribution in [0.25, 0.3) is 11.1 Å². The number of carbonyl (C=O) groups is 2. The third-order valence-electron chi connectivity index (χ3n) is 5.47. The lowest BCUT2D eigenvalue weighted by Crippen LogP contribution is -2.42. The minimum absolute atomic E-state index is 0.0137. The molecule has 1 aromatic heterocycles. The first-order valence-electron chi connectivity index (χ1n) is 8.52. The van der Waals surface area contributed by atoms with Gasteiger partial charge >= 0.3 is 12.0 Å². The van der Waals surface area contributed by atoms with Gasteiger partial charge in [-0.3, -0.25) is 4.79 Å². The van der Waals surface area contributed by atoms with Crippen molar-refractivity contribution in [2.75, 3.05) is 25.5 Å². The van der Waals surface area contributed by atoms with Crippen LogP contribution in [-0.4, -0.2) is 42.1 Å². The van der Waals surface area contributed by atoms with Gasteiger partial charge in [-0.1, -0.05) is 0 Å². The molecule has 4 rings (SSSR count). The Hall–Kier alpha value is -2.57. The molecule has 1 saturated heterocycles. The van der Waals surface area contributed by atoms with Gasteiger partial charge in [0.15, 0.2) is 11.5 Å². The first-order valence-corrected chi connectivity index (χ1v) is 8.52. The Morgan fingerprint density at radius 1 is 1.36 bits per heavy atom. The largest absolute Gasteiger partial charge is 0.469 e. The molecule has 1 spiro atoms. The Morgan fingerprint density at radius 2 is 2.12 bits per heavy atom. The molecule has 1 saturated carbocycles. The van der Waals surface area contributed by atoms with Gasteiger partial charge in [0.1, 0.15) is 5.52 Å². The fourth-order valence-electron chi connectivity index (χ4n) is 3.85. The zero-order chi connectivity index (χ0) is 17.6. The van der Waals surface area contributed by atoms with Gasteiger partial charge in [-0.25, -0.2) is 9.78 Å². The second-order valence-electron chi connectivity index (χ2n) is 6.97. The number of oxazole rings is 1. The highest BCUT2D eigenvalue weighted by Gasteiger charge is 2.59. The number of anilines is 1. The molecule has 2 amide bonds. The maximum atomic E-state index is 12.5. The SMILES string of the molecule is COC(=O)C1CC12CCN(C(=O)Nc1ccc3nc(C)oc3c1)CC2. The Morgan fingerprint density at radius 3 is 2.84 bits per heavy atom. The minimum atomic E-state index is -0.124. The maximum Gasteiger partial charge on any atom is 0.321 e. The molecule has 2 aliphatic rings. The summed E-state index contributed by atoms with van der Waals surface area (Å²) in [4.78, 5) is 30.2. The van der Waals surface area contributed by atoms with Crippen molar-refractivity contribution >= 4 is 28.8 Å². The second kappa shape index (κ2) is 5.75. The number of methoxy groups -OCH3 is 1. The van der Waals surface area contributed by atoms with E-state index in [1.54, 1.807) is 17.9 Å². The number of amides is 2. The molecule has 0 bridgehead atoms. The standard InChI is InChI=1S/C18H21N3O4/c1-11-19-14-4-3-12(9-15(14)25-11)20-17(23)21-7-5-18(6-8-21)10-13(18)16(22)24-2/h3-4,9,13H,5-8,10H2,1-2H3,(H,20,23). The molecular formula is C18H21N3O4. The lowest BCUT2D eigenvalue weighted by molar-refractivity contribution is -0.143. The van der Waals surface area contributed by atoms with Crippen molar-refractivity contribution in [3.05, 3.63) is 24.1 Å². The molecule has 132 valence electrons. The van der Waals surface area contributed by atoms with Crippen LogP contribution in [0.4, 0.5) is 10.5 Å². The van der Waals surface area contributed by atoms with Crippen molar-refractivity contribution in [1.82, 2.24) is 9.88 Å². The van der Waals surface area contributed by atoms with E-state index in [0.717, 1.165) is 24.8 Å². The highest BCUT2D eigenvalue weighted by Crippen LogP contribution is 2.59. The fourth-order valence-corrected chi connectivity index (χ4v) is 3.85. The lowest BCUT2D eigenvalue weighted by Gasteiger charge is -2.32. The van der Waals surface area contributed by atoms with E-state index in [1.807, 2.05) is 12.1 Å². The number of fused-ring (bicyclic) bond motifs is 1. The molecule has 1 N–H and O–H groups in total. The van der Waals surface area contributed by atoms with Gasteiger partial charge in [0.2, 0.25) is 0 Å². The molecule has 2 fully saturated rings. The molecular weight excluding hydrogens is 322 g/mol. The van der Waals surface area contributed by atoms with Crippen LogP contribution in [0.15, 0.2) is 22.6 Å². The lowest BCUT2D eigenvalue weighted by atomic mass is 9.91. The number of carbonyl (C=O) groups excluding carboxylic acids is 2. The average Bonchev–Trinajstić information content (AvgIpc) is 3.16. The third-order valence-corrected chi connectivity index (χ3v) is 5.47. The number of esters is 1. The quantitative estimate of drug-likeness (QED) is 0.848. The number of rotatable bonds is 2. The molecule has 2 heterocycles. The summed E-state index contributed by atoms with van der Waals surface area (Å²) >= 11 is 0. The minimum Gasteiger partial charge on any atom is -0.469 e. The van der Waals surface area contributed by atoms with Crippen LogP contribution < -0.4 is 5.32 Å². The average molecular weight is 343 g/mol. The summed E-state index contributed by atoms with van der Waals surface area (Å²) in [6, 6.07) is 5.31. The summed E-state index contributed by atoms with van der Waals surface area (Å²) in [6.45, 7) is 3.10. The fraction of sp³-hybridized carbons (Fsp3) is 0.500. The van der Waals surface area contributed by atoms with Crippen molar-refractivity contribution in [3.8, 4) is 0 Å².